The number of fused-ring (bicyclic) bond motifs is 9. The molecule has 1 saturated heterocycles. The van der Waals surface area contributed by atoms with Crippen molar-refractivity contribution in [1.29, 1.82) is 0 Å². The largest absolute Gasteiger partial charge is 0.497 e. The molecule has 1 saturated carbocycles. The number of aliphatic hydroxyl groups excluding tert-OH is 1. The average molecular weight is 1510 g/mol. The topological polar surface area (TPSA) is 358 Å². The van der Waals surface area contributed by atoms with Crippen molar-refractivity contribution in [2.45, 2.75) is 122 Å². The van der Waals surface area contributed by atoms with Crippen molar-refractivity contribution < 1.29 is 76.7 Å². The Kier molecular flexibility index (Phi) is 22.4. The van der Waals surface area contributed by atoms with Gasteiger partial charge in [0.1, 0.15) is 30.1 Å². The third-order valence-corrected chi connectivity index (χ3v) is 20.6. The third kappa shape index (κ3) is 16.3. The molecule has 2 fully saturated rings. The van der Waals surface area contributed by atoms with E-state index in [9.17, 15) is 48.3 Å². The second kappa shape index (κ2) is 32.4. The summed E-state index contributed by atoms with van der Waals surface area (Å²) in [4.78, 5) is 134. The molecule has 9 amide bonds. The average Bonchev–Trinajstić information content (AvgIpc) is 1.82. The van der Waals surface area contributed by atoms with Gasteiger partial charge in [-0.15, -0.1) is 5.10 Å². The highest BCUT2D eigenvalue weighted by atomic mass is 32.1. The normalized spacial score (nSPS) is 17.7. The van der Waals surface area contributed by atoms with Gasteiger partial charge in [0.15, 0.2) is 29.2 Å². The molecule has 13 rings (SSSR count). The Morgan fingerprint density at radius 2 is 1.42 bits per heavy atom. The molecule has 31 heteroatoms. The first-order valence-corrected chi connectivity index (χ1v) is 36.6. The molecule has 2 aromatic heterocycles. The molecule has 0 bridgehead atoms. The van der Waals surface area contributed by atoms with Crippen LogP contribution < -0.4 is 65.4 Å². The molecule has 7 N–H and O–H groups in total. The first-order valence-electron chi connectivity index (χ1n) is 36.1. The number of carbonyl (C=O) groups is 9. The maximum Gasteiger partial charge on any atom is 0.416 e. The van der Waals surface area contributed by atoms with Gasteiger partial charge in [0.2, 0.25) is 35.4 Å². The fraction of sp³-hybridized carbons (Fsp3) is 0.385. The Labute approximate surface area is 633 Å². The van der Waals surface area contributed by atoms with Crippen molar-refractivity contribution in [2.24, 2.45) is 11.3 Å². The van der Waals surface area contributed by atoms with Gasteiger partial charge in [-0.3, -0.25) is 43.3 Å². The molecule has 2 unspecified atom stereocenters. The van der Waals surface area contributed by atoms with Crippen LogP contribution in [0.25, 0.3) is 28.1 Å². The van der Waals surface area contributed by atoms with Crippen molar-refractivity contribution in [1.82, 2.24) is 51.0 Å². The summed E-state index contributed by atoms with van der Waals surface area (Å²) < 4.78 is 36.9. The summed E-state index contributed by atoms with van der Waals surface area (Å²) in [6.07, 6.45) is 3.52. The molecule has 109 heavy (non-hydrogen) atoms. The number of aliphatic hydroxyl groups is 1. The number of amides is 9. The number of benzene rings is 5. The van der Waals surface area contributed by atoms with Crippen LogP contribution in [-0.4, -0.2) is 179 Å². The number of nitrogens with zero attached hydrogens (tertiary/aromatic N) is 8. The summed E-state index contributed by atoms with van der Waals surface area (Å²) in [5, 5.41) is 37.1. The van der Waals surface area contributed by atoms with E-state index in [1.807, 2.05) is 85.9 Å². The molecule has 6 atom stereocenters. The van der Waals surface area contributed by atoms with Gasteiger partial charge in [-0.05, 0) is 110 Å². The monoisotopic (exact) mass is 1510 g/mol. The standard InChI is InChI=1S/C78H86N14O16S/c1-43(2)69(85-67(95)38-82-66(94)37-81-65(93)23-24-68(96)89-39-47-13-8-9-14-53(47)71-70(86-87-92(71)45(4)109)54-15-10-11-16-58(54)89)73(98)83-44(3)72(97)84-49-19-20-50(79-35-49)41-108-77(102)91-59-33-64(62(105-7)31-56(59)75(100)90-42-78(25-26-78)34-60(90)76(91)101)107-28-12-27-106-63-32-57-55(30-61(63)104-6)74(99)88-40-48(29-51(88)36-80-57)46-17-21-52(103-5)22-18-46/h8-11,13-22,30-33,35,40,43-45,51,60,69,76,80,101,109H,12,23-29,34,36-39,41-42H2,1-7H3,(H,81,93)(H,82,94)(H,83,98)(H,84,97)(H,85,95)/t44-,45?,51-,60-,69-,76?/m0/s1. The molecule has 30 nitrogen and oxygen atoms in total. The van der Waals surface area contributed by atoms with Crippen LogP contribution in [0.1, 0.15) is 116 Å². The number of aromatic nitrogens is 4. The number of methoxy groups -OCH3 is 3. The van der Waals surface area contributed by atoms with Crippen LogP contribution in [0.5, 0.6) is 28.7 Å². The number of rotatable bonds is 26. The predicted molar refractivity (Wildman–Crippen MR) is 404 cm³/mol. The lowest BCUT2D eigenvalue weighted by atomic mass is 9.95. The maximum absolute atomic E-state index is 14.5. The fourth-order valence-corrected chi connectivity index (χ4v) is 14.5. The SMILES string of the molecule is COc1ccc(C2=CN3C(=O)c4cc(OC)c(OCCCOc5cc6c(cc5OC)C(=O)N5CC7(CC7)C[C@H]5C(O)N6C(=O)OCc5ccc(NC(=O)[C@H](C)NC(=O)[C@@H](NC(=O)CNC(=O)CNC(=O)CCC(=O)N6Cc7ccccc7-c7c(nnn7C(C)S)-c7ccccc76)C(C)C)cn5)cc4NC[C@@H]3C2)cc1. The van der Waals surface area contributed by atoms with E-state index in [1.54, 1.807) is 52.5 Å². The molecule has 5 aromatic carbocycles. The molecule has 0 radical (unpaired) electrons. The number of ether oxygens (including phenoxy) is 6. The van der Waals surface area contributed by atoms with E-state index < -0.39 is 91.5 Å². The number of nitrogens with one attached hydrogen (secondary N) is 6. The Morgan fingerprint density at radius 1 is 0.725 bits per heavy atom. The molecule has 7 heterocycles. The summed E-state index contributed by atoms with van der Waals surface area (Å²) in [6.45, 7) is 6.61. The van der Waals surface area contributed by atoms with Crippen LogP contribution in [0, 0.1) is 11.3 Å². The van der Waals surface area contributed by atoms with Crippen molar-refractivity contribution in [3.05, 3.63) is 150 Å². The van der Waals surface area contributed by atoms with Gasteiger partial charge in [-0.2, -0.15) is 12.6 Å². The number of pyridine rings is 1. The minimum absolute atomic E-state index is 0.0341. The smallest absolute Gasteiger partial charge is 0.416 e. The molecule has 7 aromatic rings. The summed E-state index contributed by atoms with van der Waals surface area (Å²) in [6, 6.07) is 29.0. The van der Waals surface area contributed by atoms with E-state index in [0.29, 0.717) is 72.0 Å². The van der Waals surface area contributed by atoms with Crippen LogP contribution in [0.4, 0.5) is 27.5 Å². The number of hydrogen-bond acceptors (Lipinski definition) is 21. The van der Waals surface area contributed by atoms with E-state index >= 15 is 0 Å². The van der Waals surface area contributed by atoms with Crippen molar-refractivity contribution in [3.63, 3.8) is 0 Å². The molecule has 5 aliphatic heterocycles. The van der Waals surface area contributed by atoms with Gasteiger partial charge in [-0.25, -0.2) is 14.4 Å². The summed E-state index contributed by atoms with van der Waals surface area (Å²) in [5.74, 6) is -2.79. The maximum atomic E-state index is 14.5. The van der Waals surface area contributed by atoms with Gasteiger partial charge in [0.05, 0.1) is 123 Å². The molecule has 1 aliphatic carbocycles. The van der Waals surface area contributed by atoms with Crippen LogP contribution in [0.2, 0.25) is 0 Å². The zero-order chi connectivity index (χ0) is 76.9. The number of anilines is 4. The third-order valence-electron chi connectivity index (χ3n) is 20.4. The van der Waals surface area contributed by atoms with Gasteiger partial charge in [-0.1, -0.05) is 73.7 Å². The highest BCUT2D eigenvalue weighted by molar-refractivity contribution is 7.80. The van der Waals surface area contributed by atoms with Crippen LogP contribution >= 0.6 is 12.6 Å². The van der Waals surface area contributed by atoms with Gasteiger partial charge in [0, 0.05) is 61.8 Å². The van der Waals surface area contributed by atoms with Crippen LogP contribution in [0.15, 0.2) is 122 Å². The number of carbonyl (C=O) groups excluding carboxylic acids is 9. The lowest BCUT2D eigenvalue weighted by molar-refractivity contribution is -0.132. The zero-order valence-corrected chi connectivity index (χ0v) is 62.2. The molecular weight excluding hydrogens is 1420 g/mol. The predicted octanol–water partition coefficient (Wildman–Crippen LogP) is 7.62. The van der Waals surface area contributed by atoms with Crippen molar-refractivity contribution in [2.75, 3.05) is 81.2 Å². The van der Waals surface area contributed by atoms with E-state index in [0.717, 1.165) is 51.4 Å². The fourth-order valence-electron chi connectivity index (χ4n) is 14.3. The van der Waals surface area contributed by atoms with Crippen LogP contribution in [0.3, 0.4) is 0 Å². The van der Waals surface area contributed by atoms with Crippen LogP contribution in [-0.2, 0) is 46.7 Å². The van der Waals surface area contributed by atoms with Crippen molar-refractivity contribution >= 4 is 94.3 Å². The van der Waals surface area contributed by atoms with Gasteiger partial charge in [0.25, 0.3) is 11.8 Å². The quantitative estimate of drug-likeness (QED) is 0.0191. The summed E-state index contributed by atoms with van der Waals surface area (Å²) >= 11 is 4.63. The number of para-hydroxylation sites is 1. The van der Waals surface area contributed by atoms with E-state index in [2.05, 4.69) is 59.8 Å². The first kappa shape index (κ1) is 75.5. The number of thiol groups is 1. The second-order valence-electron chi connectivity index (χ2n) is 28.1. The lowest BCUT2D eigenvalue weighted by Crippen LogP contribution is -2.55. The molecule has 6 aliphatic rings. The second-order valence-corrected chi connectivity index (χ2v) is 28.9. The highest BCUT2D eigenvalue weighted by Crippen LogP contribution is 2.57. The molecule has 1 spiro atoms. The number of hydrogen-bond donors (Lipinski definition) is 8. The Balaban J connectivity index is 0.569. The first-order chi connectivity index (χ1) is 52.5. The van der Waals surface area contributed by atoms with Gasteiger partial charge < -0.3 is 80.1 Å². The molecular formula is C78H86N14O16S. The van der Waals surface area contributed by atoms with E-state index in [-0.39, 0.29) is 95.4 Å². The highest BCUT2D eigenvalue weighted by Gasteiger charge is 2.58. The minimum atomic E-state index is -1.52. The zero-order valence-electron chi connectivity index (χ0n) is 61.3. The van der Waals surface area contributed by atoms with Gasteiger partial charge >= 0.3 is 6.09 Å². The van der Waals surface area contributed by atoms with Crippen molar-refractivity contribution in [3.8, 4) is 51.3 Å². The Morgan fingerprint density at radius 3 is 2.12 bits per heavy atom. The van der Waals surface area contributed by atoms with E-state index in [4.69, 9.17) is 28.4 Å². The Hall–Kier alpha value is -11.7. The molecule has 570 valence electrons. The summed E-state index contributed by atoms with van der Waals surface area (Å²) in [7, 11) is 4.55. The lowest BCUT2D eigenvalue weighted by Gasteiger charge is -2.31. The summed E-state index contributed by atoms with van der Waals surface area (Å²) in [5.41, 5.74) is 7.84. The minimum Gasteiger partial charge on any atom is -0.497 e. The Bertz CT molecular complexity index is 4720. The van der Waals surface area contributed by atoms with E-state index in [1.165, 1.54) is 51.6 Å².